The van der Waals surface area contributed by atoms with Crippen LogP contribution in [0.4, 0.5) is 5.13 Å². The van der Waals surface area contributed by atoms with Crippen molar-refractivity contribution >= 4 is 28.3 Å². The third-order valence-electron chi connectivity index (χ3n) is 4.87. The summed E-state index contributed by atoms with van der Waals surface area (Å²) in [6, 6.07) is 13.6. The van der Waals surface area contributed by atoms with E-state index in [0.717, 1.165) is 28.8 Å². The van der Waals surface area contributed by atoms with Gasteiger partial charge in [0.15, 0.2) is 11.2 Å². The minimum absolute atomic E-state index is 0.411. The number of aromatic nitrogens is 1. The fraction of sp³-hybridized carbons (Fsp3) is 0.261. The molecule has 6 heteroatoms. The number of carbonyl (C=O) groups is 2. The zero-order chi connectivity index (χ0) is 21.0. The monoisotopic (exact) mass is 408 g/mol. The number of nitrogens with one attached hydrogen (secondary N) is 1. The topological polar surface area (TPSA) is 68.3 Å². The van der Waals surface area contributed by atoms with Gasteiger partial charge in [0, 0.05) is 10.9 Å². The Hall–Kier alpha value is -2.99. The van der Waals surface area contributed by atoms with Crippen LogP contribution in [0.1, 0.15) is 40.9 Å². The number of hydrogen-bond donors (Lipinski definition) is 1. The number of anilines is 1. The Balaban J connectivity index is 1.63. The quantitative estimate of drug-likeness (QED) is 0.571. The molecule has 1 N–H and O–H groups in total. The molecular weight excluding hydrogens is 384 g/mol. The Kier molecular flexibility index (Phi) is 6.44. The highest BCUT2D eigenvalue weighted by molar-refractivity contribution is 7.14. The molecule has 0 bridgehead atoms. The van der Waals surface area contributed by atoms with E-state index in [1.165, 1.54) is 16.9 Å². The molecule has 0 saturated carbocycles. The van der Waals surface area contributed by atoms with E-state index in [4.69, 9.17) is 4.74 Å². The number of aryl methyl sites for hydroxylation is 2. The molecule has 29 heavy (non-hydrogen) atoms. The highest BCUT2D eigenvalue weighted by atomic mass is 32.1. The summed E-state index contributed by atoms with van der Waals surface area (Å²) in [7, 11) is 0. The van der Waals surface area contributed by atoms with E-state index < -0.39 is 18.0 Å². The Bertz CT molecular complexity index is 1020. The van der Waals surface area contributed by atoms with Gasteiger partial charge in [0.2, 0.25) is 0 Å². The number of ether oxygens (including phenoxy) is 1. The number of benzene rings is 2. The van der Waals surface area contributed by atoms with E-state index in [-0.39, 0.29) is 0 Å². The van der Waals surface area contributed by atoms with Crippen molar-refractivity contribution in [2.75, 3.05) is 5.32 Å². The molecule has 1 amide bonds. The number of amides is 1. The van der Waals surface area contributed by atoms with Gasteiger partial charge in [-0.2, -0.15) is 0 Å². The Labute approximate surface area is 174 Å². The number of thiazole rings is 1. The van der Waals surface area contributed by atoms with Gasteiger partial charge in [-0.3, -0.25) is 10.1 Å². The highest BCUT2D eigenvalue weighted by Crippen LogP contribution is 2.25. The van der Waals surface area contributed by atoms with E-state index in [1.54, 1.807) is 19.1 Å². The molecule has 1 aromatic heterocycles. The predicted molar refractivity (Wildman–Crippen MR) is 116 cm³/mol. The lowest BCUT2D eigenvalue weighted by Crippen LogP contribution is -2.30. The second-order valence-corrected chi connectivity index (χ2v) is 7.73. The van der Waals surface area contributed by atoms with Crippen molar-refractivity contribution in [1.82, 2.24) is 4.98 Å². The van der Waals surface area contributed by atoms with E-state index in [9.17, 15) is 9.59 Å². The molecule has 2 aromatic carbocycles. The molecule has 0 saturated heterocycles. The molecule has 0 aliphatic heterocycles. The molecule has 0 fully saturated rings. The predicted octanol–water partition coefficient (Wildman–Crippen LogP) is 5.17. The Morgan fingerprint density at radius 3 is 2.55 bits per heavy atom. The maximum atomic E-state index is 12.4. The zero-order valence-corrected chi connectivity index (χ0v) is 17.8. The van der Waals surface area contributed by atoms with E-state index >= 15 is 0 Å². The SMILES string of the molecule is CCc1ccc(-c2csc(NC(=O)[C@H](C)OC(=O)c3cccc(C)c3C)n2)cc1. The van der Waals surface area contributed by atoms with Crippen LogP contribution in [0.3, 0.4) is 0 Å². The van der Waals surface area contributed by atoms with Crippen molar-refractivity contribution < 1.29 is 14.3 Å². The van der Waals surface area contributed by atoms with Crippen LogP contribution >= 0.6 is 11.3 Å². The van der Waals surface area contributed by atoms with Gasteiger partial charge >= 0.3 is 5.97 Å². The van der Waals surface area contributed by atoms with Gasteiger partial charge < -0.3 is 4.74 Å². The summed E-state index contributed by atoms with van der Waals surface area (Å²) in [6.45, 7) is 7.45. The van der Waals surface area contributed by atoms with Crippen LogP contribution in [-0.2, 0) is 16.0 Å². The standard InChI is InChI=1S/C23H24N2O3S/c1-5-17-9-11-18(12-10-17)20-13-29-23(24-20)25-21(26)16(4)28-22(27)19-8-6-7-14(2)15(19)3/h6-13,16H,5H2,1-4H3,(H,24,25,26)/t16-/m0/s1. The molecule has 1 heterocycles. The van der Waals surface area contributed by atoms with Crippen molar-refractivity contribution in [2.45, 2.75) is 40.2 Å². The lowest BCUT2D eigenvalue weighted by atomic mass is 10.0. The molecule has 0 radical (unpaired) electrons. The first-order valence-electron chi connectivity index (χ1n) is 9.52. The van der Waals surface area contributed by atoms with Crippen molar-refractivity contribution in [3.05, 3.63) is 70.1 Å². The molecule has 5 nitrogen and oxygen atoms in total. The molecular formula is C23H24N2O3S. The van der Waals surface area contributed by atoms with Gasteiger partial charge in [-0.05, 0) is 49.9 Å². The largest absolute Gasteiger partial charge is 0.449 e. The van der Waals surface area contributed by atoms with Gasteiger partial charge in [0.1, 0.15) is 0 Å². The van der Waals surface area contributed by atoms with Crippen LogP contribution in [0.5, 0.6) is 0 Å². The average molecular weight is 409 g/mol. The van der Waals surface area contributed by atoms with Gasteiger partial charge in [-0.25, -0.2) is 9.78 Å². The third kappa shape index (κ3) is 4.90. The fourth-order valence-corrected chi connectivity index (χ4v) is 3.55. The first-order chi connectivity index (χ1) is 13.9. The van der Waals surface area contributed by atoms with E-state index in [0.29, 0.717) is 10.7 Å². The molecule has 3 aromatic rings. The summed E-state index contributed by atoms with van der Waals surface area (Å²) in [5.74, 6) is -0.921. The molecule has 1 atom stereocenters. The van der Waals surface area contributed by atoms with Crippen molar-refractivity contribution in [2.24, 2.45) is 0 Å². The van der Waals surface area contributed by atoms with Gasteiger partial charge in [0.05, 0.1) is 11.3 Å². The van der Waals surface area contributed by atoms with Crippen molar-refractivity contribution in [3.63, 3.8) is 0 Å². The smallest absolute Gasteiger partial charge is 0.339 e. The minimum Gasteiger partial charge on any atom is -0.449 e. The lowest BCUT2D eigenvalue weighted by Gasteiger charge is -2.14. The molecule has 0 aliphatic rings. The summed E-state index contributed by atoms with van der Waals surface area (Å²) in [5.41, 5.74) is 5.37. The van der Waals surface area contributed by atoms with Crippen LogP contribution in [0.2, 0.25) is 0 Å². The fourth-order valence-electron chi connectivity index (χ4n) is 2.83. The second kappa shape index (κ2) is 9.01. The number of rotatable bonds is 6. The number of carbonyl (C=O) groups excluding carboxylic acids is 2. The molecule has 0 unspecified atom stereocenters. The highest BCUT2D eigenvalue weighted by Gasteiger charge is 2.21. The van der Waals surface area contributed by atoms with Crippen LogP contribution in [0, 0.1) is 13.8 Å². The molecule has 0 spiro atoms. The number of esters is 1. The van der Waals surface area contributed by atoms with E-state index in [1.807, 2.05) is 37.4 Å². The normalized spacial score (nSPS) is 11.7. The maximum absolute atomic E-state index is 12.4. The molecule has 150 valence electrons. The van der Waals surface area contributed by atoms with Gasteiger partial charge in [-0.15, -0.1) is 11.3 Å². The zero-order valence-electron chi connectivity index (χ0n) is 17.0. The van der Waals surface area contributed by atoms with Gasteiger partial charge in [0.25, 0.3) is 5.91 Å². The third-order valence-corrected chi connectivity index (χ3v) is 5.63. The number of hydrogen-bond acceptors (Lipinski definition) is 5. The first kappa shape index (κ1) is 20.7. The Morgan fingerprint density at radius 1 is 1.14 bits per heavy atom. The van der Waals surface area contributed by atoms with Crippen LogP contribution in [0.25, 0.3) is 11.3 Å². The van der Waals surface area contributed by atoms with Crippen molar-refractivity contribution in [1.29, 1.82) is 0 Å². The summed E-state index contributed by atoms with van der Waals surface area (Å²) in [5, 5.41) is 5.09. The maximum Gasteiger partial charge on any atom is 0.339 e. The minimum atomic E-state index is -0.932. The van der Waals surface area contributed by atoms with Crippen LogP contribution in [-0.4, -0.2) is 23.0 Å². The van der Waals surface area contributed by atoms with E-state index in [2.05, 4.69) is 29.4 Å². The van der Waals surface area contributed by atoms with Crippen LogP contribution in [0.15, 0.2) is 47.8 Å². The van der Waals surface area contributed by atoms with Gasteiger partial charge in [-0.1, -0.05) is 43.3 Å². The lowest BCUT2D eigenvalue weighted by molar-refractivity contribution is -0.123. The Morgan fingerprint density at radius 2 is 1.86 bits per heavy atom. The van der Waals surface area contributed by atoms with Crippen LogP contribution < -0.4 is 5.32 Å². The summed E-state index contributed by atoms with van der Waals surface area (Å²) in [4.78, 5) is 29.3. The summed E-state index contributed by atoms with van der Waals surface area (Å²) >= 11 is 1.34. The number of nitrogens with zero attached hydrogens (tertiary/aromatic N) is 1. The average Bonchev–Trinajstić information content (AvgIpc) is 3.18. The summed E-state index contributed by atoms with van der Waals surface area (Å²) in [6.07, 6.45) is 0.0516. The molecule has 0 aliphatic carbocycles. The summed E-state index contributed by atoms with van der Waals surface area (Å²) < 4.78 is 5.35. The molecule has 3 rings (SSSR count). The second-order valence-electron chi connectivity index (χ2n) is 6.87. The van der Waals surface area contributed by atoms with Crippen molar-refractivity contribution in [3.8, 4) is 11.3 Å². The first-order valence-corrected chi connectivity index (χ1v) is 10.4.